The first kappa shape index (κ1) is 17.0. The second-order valence-corrected chi connectivity index (χ2v) is 6.32. The van der Waals surface area contributed by atoms with Crippen LogP contribution in [0.3, 0.4) is 0 Å². The van der Waals surface area contributed by atoms with Gasteiger partial charge in [-0.3, -0.25) is 10.1 Å². The van der Waals surface area contributed by atoms with Crippen LogP contribution in [0.2, 0.25) is 0 Å². The van der Waals surface area contributed by atoms with Gasteiger partial charge in [-0.15, -0.1) is 11.8 Å². The summed E-state index contributed by atoms with van der Waals surface area (Å²) in [7, 11) is 1.35. The van der Waals surface area contributed by atoms with Crippen LogP contribution >= 0.6 is 11.8 Å². The Balaban J connectivity index is 1.98. The Morgan fingerprint density at radius 1 is 1.26 bits per heavy atom. The molecule has 0 amide bonds. The van der Waals surface area contributed by atoms with Crippen LogP contribution in [0.4, 0.5) is 5.69 Å². The van der Waals surface area contributed by atoms with Crippen LogP contribution < -0.4 is 0 Å². The zero-order valence-electron chi connectivity index (χ0n) is 12.9. The number of rotatable bonds is 6. The predicted octanol–water partition coefficient (Wildman–Crippen LogP) is 4.38. The summed E-state index contributed by atoms with van der Waals surface area (Å²) in [6.45, 7) is 2.02. The summed E-state index contributed by atoms with van der Waals surface area (Å²) in [5, 5.41) is 11.0. The van der Waals surface area contributed by atoms with E-state index in [4.69, 9.17) is 0 Å². The Morgan fingerprint density at radius 2 is 1.96 bits per heavy atom. The van der Waals surface area contributed by atoms with Gasteiger partial charge in [0.25, 0.3) is 5.69 Å². The molecule has 0 heterocycles. The molecule has 23 heavy (non-hydrogen) atoms. The SMILES string of the molecule is COC(=O)c1ccc(CS[C@@H](C)c2cccc([N+](=O)[O-])c2)cc1. The fourth-order valence-electron chi connectivity index (χ4n) is 2.06. The normalized spacial score (nSPS) is 11.7. The van der Waals surface area contributed by atoms with Crippen molar-refractivity contribution in [3.63, 3.8) is 0 Å². The molecular formula is C17H17NO4S. The molecule has 5 nitrogen and oxygen atoms in total. The van der Waals surface area contributed by atoms with E-state index in [-0.39, 0.29) is 21.8 Å². The van der Waals surface area contributed by atoms with E-state index in [9.17, 15) is 14.9 Å². The van der Waals surface area contributed by atoms with Gasteiger partial charge in [0, 0.05) is 23.1 Å². The highest BCUT2D eigenvalue weighted by atomic mass is 32.2. The minimum atomic E-state index is -0.383. The highest BCUT2D eigenvalue weighted by molar-refractivity contribution is 7.98. The molecule has 0 saturated carbocycles. The number of hydrogen-bond acceptors (Lipinski definition) is 5. The van der Waals surface area contributed by atoms with E-state index >= 15 is 0 Å². The van der Waals surface area contributed by atoms with Gasteiger partial charge >= 0.3 is 5.97 Å². The lowest BCUT2D eigenvalue weighted by atomic mass is 10.1. The van der Waals surface area contributed by atoms with Crippen molar-refractivity contribution in [2.24, 2.45) is 0 Å². The maximum atomic E-state index is 11.4. The third-order valence-corrected chi connectivity index (χ3v) is 4.70. The van der Waals surface area contributed by atoms with Gasteiger partial charge in [-0.05, 0) is 30.2 Å². The molecule has 120 valence electrons. The number of nitro benzene ring substituents is 1. The van der Waals surface area contributed by atoms with Gasteiger partial charge in [0.1, 0.15) is 0 Å². The standard InChI is InChI=1S/C17H17NO4S/c1-12(15-4-3-5-16(10-15)18(20)21)23-11-13-6-8-14(9-7-13)17(19)22-2/h3-10,12H,11H2,1-2H3/t12-/m0/s1. The zero-order chi connectivity index (χ0) is 16.8. The lowest BCUT2D eigenvalue weighted by Crippen LogP contribution is -2.00. The smallest absolute Gasteiger partial charge is 0.337 e. The summed E-state index contributed by atoms with van der Waals surface area (Å²) in [5.41, 5.74) is 2.64. The second-order valence-electron chi connectivity index (χ2n) is 4.99. The molecule has 1 atom stereocenters. The summed E-state index contributed by atoms with van der Waals surface area (Å²) < 4.78 is 4.66. The zero-order valence-corrected chi connectivity index (χ0v) is 13.7. The topological polar surface area (TPSA) is 69.4 Å². The Morgan fingerprint density at radius 3 is 2.57 bits per heavy atom. The third-order valence-electron chi connectivity index (χ3n) is 3.43. The molecule has 0 spiro atoms. The number of benzene rings is 2. The maximum Gasteiger partial charge on any atom is 0.337 e. The summed E-state index contributed by atoms with van der Waals surface area (Å²) in [5.74, 6) is 0.403. The van der Waals surface area contributed by atoms with E-state index in [1.54, 1.807) is 36.0 Å². The van der Waals surface area contributed by atoms with Crippen molar-refractivity contribution in [3.8, 4) is 0 Å². The van der Waals surface area contributed by atoms with Gasteiger partial charge in [-0.2, -0.15) is 0 Å². The van der Waals surface area contributed by atoms with Crippen molar-refractivity contribution < 1.29 is 14.5 Å². The predicted molar refractivity (Wildman–Crippen MR) is 90.6 cm³/mol. The van der Waals surface area contributed by atoms with Crippen LogP contribution in [-0.2, 0) is 10.5 Å². The van der Waals surface area contributed by atoms with Crippen molar-refractivity contribution in [1.29, 1.82) is 0 Å². The van der Waals surface area contributed by atoms with Gasteiger partial charge in [0.05, 0.1) is 17.6 Å². The number of methoxy groups -OCH3 is 1. The number of esters is 1. The molecule has 0 saturated heterocycles. The van der Waals surface area contributed by atoms with Crippen LogP contribution in [0.15, 0.2) is 48.5 Å². The van der Waals surface area contributed by atoms with E-state index in [2.05, 4.69) is 4.74 Å². The van der Waals surface area contributed by atoms with Gasteiger partial charge in [-0.25, -0.2) is 4.79 Å². The number of ether oxygens (including phenoxy) is 1. The number of nitro groups is 1. The van der Waals surface area contributed by atoms with E-state index in [0.29, 0.717) is 5.56 Å². The lowest BCUT2D eigenvalue weighted by Gasteiger charge is -2.11. The van der Waals surface area contributed by atoms with E-state index in [1.165, 1.54) is 13.2 Å². The van der Waals surface area contributed by atoms with Crippen LogP contribution in [0, 0.1) is 10.1 Å². The van der Waals surface area contributed by atoms with Gasteiger partial charge in [-0.1, -0.05) is 24.3 Å². The first-order valence-electron chi connectivity index (χ1n) is 7.04. The largest absolute Gasteiger partial charge is 0.465 e. The lowest BCUT2D eigenvalue weighted by molar-refractivity contribution is -0.384. The quantitative estimate of drug-likeness (QED) is 0.446. The second kappa shape index (κ2) is 7.78. The van der Waals surface area contributed by atoms with Gasteiger partial charge in [0.15, 0.2) is 0 Å². The van der Waals surface area contributed by atoms with Crippen LogP contribution in [0.25, 0.3) is 0 Å². The first-order chi connectivity index (χ1) is 11.0. The molecule has 0 unspecified atom stereocenters. The van der Waals surface area contributed by atoms with Crippen molar-refractivity contribution in [2.75, 3.05) is 7.11 Å². The minimum absolute atomic E-state index is 0.109. The van der Waals surface area contributed by atoms with Crippen molar-refractivity contribution in [3.05, 3.63) is 75.3 Å². The van der Waals surface area contributed by atoms with Crippen LogP contribution in [0.5, 0.6) is 0 Å². The van der Waals surface area contributed by atoms with Gasteiger partial charge < -0.3 is 4.74 Å². The average molecular weight is 331 g/mol. The first-order valence-corrected chi connectivity index (χ1v) is 8.09. The molecule has 0 fully saturated rings. The molecule has 6 heteroatoms. The fraction of sp³-hybridized carbons (Fsp3) is 0.235. The van der Waals surface area contributed by atoms with Crippen LogP contribution in [0.1, 0.15) is 33.7 Å². The molecule has 0 aliphatic heterocycles. The Kier molecular flexibility index (Phi) is 5.76. The van der Waals surface area contributed by atoms with E-state index in [0.717, 1.165) is 16.9 Å². The molecule has 0 bridgehead atoms. The fourth-order valence-corrected chi connectivity index (χ4v) is 3.04. The Hall–Kier alpha value is -2.34. The monoisotopic (exact) mass is 331 g/mol. The number of nitrogens with zero attached hydrogens (tertiary/aromatic N) is 1. The molecule has 2 aromatic carbocycles. The number of hydrogen-bond donors (Lipinski definition) is 0. The molecular weight excluding hydrogens is 314 g/mol. The summed E-state index contributed by atoms with van der Waals surface area (Å²) in [4.78, 5) is 21.8. The molecule has 0 radical (unpaired) electrons. The van der Waals surface area contributed by atoms with Crippen molar-refractivity contribution in [1.82, 2.24) is 0 Å². The third kappa shape index (κ3) is 4.56. The highest BCUT2D eigenvalue weighted by Crippen LogP contribution is 2.32. The number of carbonyl (C=O) groups is 1. The minimum Gasteiger partial charge on any atom is -0.465 e. The van der Waals surface area contributed by atoms with Crippen molar-refractivity contribution >= 4 is 23.4 Å². The summed E-state index contributed by atoms with van der Waals surface area (Å²) in [6.07, 6.45) is 0. The molecule has 2 rings (SSSR count). The van der Waals surface area contributed by atoms with Crippen LogP contribution in [-0.4, -0.2) is 18.0 Å². The number of non-ortho nitro benzene ring substituents is 1. The van der Waals surface area contributed by atoms with E-state index in [1.807, 2.05) is 25.1 Å². The maximum absolute atomic E-state index is 11.4. The van der Waals surface area contributed by atoms with Gasteiger partial charge in [0.2, 0.25) is 0 Å². The highest BCUT2D eigenvalue weighted by Gasteiger charge is 2.12. The molecule has 0 aliphatic rings. The summed E-state index contributed by atoms with van der Waals surface area (Å²) >= 11 is 1.68. The molecule has 0 aliphatic carbocycles. The van der Waals surface area contributed by atoms with Crippen molar-refractivity contribution in [2.45, 2.75) is 17.9 Å². The molecule has 0 N–H and O–H groups in total. The van der Waals surface area contributed by atoms with E-state index < -0.39 is 0 Å². The number of carbonyl (C=O) groups excluding carboxylic acids is 1. The summed E-state index contributed by atoms with van der Waals surface area (Å²) in [6, 6.07) is 13.9. The molecule has 0 aromatic heterocycles. The Bertz CT molecular complexity index is 700. The number of thioether (sulfide) groups is 1. The molecule has 2 aromatic rings. The Labute approximate surface area is 138 Å². The average Bonchev–Trinajstić information content (AvgIpc) is 2.59.